The third kappa shape index (κ3) is 4.54. The highest BCUT2D eigenvalue weighted by Gasteiger charge is 2.13. The fourth-order valence-corrected chi connectivity index (χ4v) is 4.01. The van der Waals surface area contributed by atoms with Crippen molar-refractivity contribution in [2.75, 3.05) is 6.61 Å². The van der Waals surface area contributed by atoms with Crippen LogP contribution in [0.25, 0.3) is 10.2 Å². The number of rotatable bonds is 5. The number of nitrogens with zero attached hydrogens (tertiary/aromatic N) is 2. The Hall–Kier alpha value is -2.25. The van der Waals surface area contributed by atoms with Gasteiger partial charge in [-0.05, 0) is 55.3 Å². The largest absolute Gasteiger partial charge is 0.465 e. The Morgan fingerprint density at radius 2 is 1.89 bits per heavy atom. The van der Waals surface area contributed by atoms with Gasteiger partial charge in [0, 0.05) is 10.0 Å². The van der Waals surface area contributed by atoms with Crippen molar-refractivity contribution in [2.24, 2.45) is 4.99 Å². The molecule has 0 saturated carbocycles. The molecule has 0 aliphatic heterocycles. The third-order valence-electron chi connectivity index (χ3n) is 4.04. The molecule has 0 bridgehead atoms. The summed E-state index contributed by atoms with van der Waals surface area (Å²) in [5.74, 6) is -0.698. The maximum atomic E-state index is 12.6. The van der Waals surface area contributed by atoms with E-state index in [2.05, 4.69) is 33.9 Å². The van der Waals surface area contributed by atoms with Crippen LogP contribution in [-0.2, 0) is 22.5 Å². The van der Waals surface area contributed by atoms with Gasteiger partial charge >= 0.3 is 5.97 Å². The number of hydrogen-bond donors (Lipinski definition) is 0. The molecular formula is C20H19BrN2O3S. The Bertz CT molecular complexity index is 1050. The second-order valence-corrected chi connectivity index (χ2v) is 7.78. The van der Waals surface area contributed by atoms with Crippen LogP contribution in [0, 0.1) is 0 Å². The van der Waals surface area contributed by atoms with Gasteiger partial charge in [-0.15, -0.1) is 0 Å². The minimum absolute atomic E-state index is 0.0196. The fourth-order valence-electron chi connectivity index (χ4n) is 2.66. The van der Waals surface area contributed by atoms with Crippen molar-refractivity contribution in [1.82, 2.24) is 4.57 Å². The first-order chi connectivity index (χ1) is 13.0. The normalized spacial score (nSPS) is 11.7. The van der Waals surface area contributed by atoms with E-state index in [4.69, 9.17) is 4.74 Å². The summed E-state index contributed by atoms with van der Waals surface area (Å²) in [7, 11) is 0. The first-order valence-electron chi connectivity index (χ1n) is 8.64. The lowest BCUT2D eigenvalue weighted by Crippen LogP contribution is -2.23. The van der Waals surface area contributed by atoms with Crippen LogP contribution in [0.2, 0.25) is 0 Å². The summed E-state index contributed by atoms with van der Waals surface area (Å²) in [6.45, 7) is 4.19. The van der Waals surface area contributed by atoms with Gasteiger partial charge in [0.2, 0.25) is 0 Å². The summed E-state index contributed by atoms with van der Waals surface area (Å²) in [5.41, 5.74) is 2.55. The van der Waals surface area contributed by atoms with Crippen molar-refractivity contribution in [3.8, 4) is 0 Å². The zero-order chi connectivity index (χ0) is 19.4. The summed E-state index contributed by atoms with van der Waals surface area (Å²) in [6, 6.07) is 13.1. The number of esters is 1. The van der Waals surface area contributed by atoms with Gasteiger partial charge in [-0.1, -0.05) is 40.3 Å². The molecule has 5 nitrogen and oxygen atoms in total. The number of aromatic nitrogens is 1. The van der Waals surface area contributed by atoms with E-state index in [0.29, 0.717) is 17.0 Å². The van der Waals surface area contributed by atoms with E-state index in [1.165, 1.54) is 16.9 Å². The first kappa shape index (κ1) is 19.5. The van der Waals surface area contributed by atoms with E-state index in [1.54, 1.807) is 35.8 Å². The summed E-state index contributed by atoms with van der Waals surface area (Å²) in [4.78, 5) is 29.4. The van der Waals surface area contributed by atoms with Gasteiger partial charge in [0.1, 0.15) is 6.54 Å². The van der Waals surface area contributed by atoms with Crippen LogP contribution < -0.4 is 4.80 Å². The Labute approximate surface area is 169 Å². The van der Waals surface area contributed by atoms with Crippen LogP contribution in [0.1, 0.15) is 29.8 Å². The quantitative estimate of drug-likeness (QED) is 0.547. The molecule has 0 N–H and O–H groups in total. The highest BCUT2D eigenvalue weighted by Crippen LogP contribution is 2.20. The van der Waals surface area contributed by atoms with E-state index in [0.717, 1.165) is 21.1 Å². The molecule has 0 unspecified atom stereocenters. The molecule has 1 aromatic heterocycles. The molecule has 0 saturated heterocycles. The van der Waals surface area contributed by atoms with E-state index in [1.807, 2.05) is 12.1 Å². The van der Waals surface area contributed by atoms with Crippen molar-refractivity contribution in [2.45, 2.75) is 26.8 Å². The molecular weight excluding hydrogens is 428 g/mol. The van der Waals surface area contributed by atoms with Gasteiger partial charge in [-0.25, -0.2) is 0 Å². The number of hydrogen-bond acceptors (Lipinski definition) is 4. The number of carbonyl (C=O) groups excluding carboxylic acids is 2. The molecule has 0 atom stereocenters. The molecule has 0 spiro atoms. The van der Waals surface area contributed by atoms with Crippen LogP contribution in [0.5, 0.6) is 0 Å². The fraction of sp³-hybridized carbons (Fsp3) is 0.250. The van der Waals surface area contributed by atoms with Crippen molar-refractivity contribution in [1.29, 1.82) is 0 Å². The van der Waals surface area contributed by atoms with Gasteiger partial charge in [0.25, 0.3) is 5.91 Å². The Kier molecular flexibility index (Phi) is 6.23. The van der Waals surface area contributed by atoms with Gasteiger partial charge in [-0.2, -0.15) is 4.99 Å². The van der Waals surface area contributed by atoms with Crippen LogP contribution in [0.3, 0.4) is 0 Å². The lowest BCUT2D eigenvalue weighted by atomic mass is 10.2. The topological polar surface area (TPSA) is 60.7 Å². The summed E-state index contributed by atoms with van der Waals surface area (Å²) < 4.78 is 8.71. The number of amides is 1. The number of fused-ring (bicyclic) bond motifs is 1. The molecule has 0 radical (unpaired) electrons. The zero-order valence-corrected chi connectivity index (χ0v) is 17.5. The third-order valence-corrected chi connectivity index (χ3v) is 5.61. The van der Waals surface area contributed by atoms with Gasteiger partial charge in [0.15, 0.2) is 4.80 Å². The van der Waals surface area contributed by atoms with Gasteiger partial charge in [0.05, 0.1) is 16.8 Å². The molecule has 7 heteroatoms. The molecule has 27 heavy (non-hydrogen) atoms. The highest BCUT2D eigenvalue weighted by atomic mass is 79.9. The Morgan fingerprint density at radius 1 is 1.15 bits per heavy atom. The van der Waals surface area contributed by atoms with Crippen molar-refractivity contribution in [3.05, 3.63) is 62.9 Å². The maximum Gasteiger partial charge on any atom is 0.326 e. The smallest absolute Gasteiger partial charge is 0.326 e. The van der Waals surface area contributed by atoms with Crippen molar-refractivity contribution < 1.29 is 14.3 Å². The van der Waals surface area contributed by atoms with E-state index in [9.17, 15) is 9.59 Å². The lowest BCUT2D eigenvalue weighted by molar-refractivity contribution is -0.143. The van der Waals surface area contributed by atoms with Crippen molar-refractivity contribution >= 4 is 49.4 Å². The minimum Gasteiger partial charge on any atom is -0.465 e. The molecule has 1 amide bonds. The second kappa shape index (κ2) is 8.63. The lowest BCUT2D eigenvalue weighted by Gasteiger charge is -2.05. The van der Waals surface area contributed by atoms with Gasteiger partial charge in [-0.3, -0.25) is 9.59 Å². The number of benzene rings is 2. The molecule has 3 rings (SSSR count). The van der Waals surface area contributed by atoms with Crippen LogP contribution >= 0.6 is 27.3 Å². The SMILES string of the molecule is CCOC(=O)Cn1c(=NC(=O)c2ccc(Br)cc2)sc2cc(CC)ccc21. The van der Waals surface area contributed by atoms with E-state index in [-0.39, 0.29) is 18.4 Å². The number of thiazole rings is 1. The molecule has 3 aromatic rings. The Balaban J connectivity index is 2.10. The average molecular weight is 447 g/mol. The summed E-state index contributed by atoms with van der Waals surface area (Å²) >= 11 is 4.75. The number of carbonyl (C=O) groups is 2. The predicted molar refractivity (Wildman–Crippen MR) is 110 cm³/mol. The molecule has 0 fully saturated rings. The Morgan fingerprint density at radius 3 is 2.56 bits per heavy atom. The number of halogens is 1. The van der Waals surface area contributed by atoms with E-state index >= 15 is 0 Å². The molecule has 1 heterocycles. The standard InChI is InChI=1S/C20H19BrN2O3S/c1-3-13-5-10-16-17(11-13)27-20(23(16)12-18(24)26-4-2)22-19(25)14-6-8-15(21)9-7-14/h5-11H,3-4,12H2,1-2H3. The molecule has 140 valence electrons. The number of aryl methyl sites for hydroxylation is 1. The molecule has 0 aliphatic rings. The first-order valence-corrected chi connectivity index (χ1v) is 10.2. The highest BCUT2D eigenvalue weighted by molar-refractivity contribution is 9.10. The van der Waals surface area contributed by atoms with Crippen molar-refractivity contribution in [3.63, 3.8) is 0 Å². The van der Waals surface area contributed by atoms with Crippen LogP contribution in [0.15, 0.2) is 51.9 Å². The summed E-state index contributed by atoms with van der Waals surface area (Å²) in [5, 5.41) is 0. The minimum atomic E-state index is -0.352. The average Bonchev–Trinajstić information content (AvgIpc) is 2.98. The van der Waals surface area contributed by atoms with Gasteiger partial charge < -0.3 is 9.30 Å². The van der Waals surface area contributed by atoms with Crippen LogP contribution in [0.4, 0.5) is 0 Å². The van der Waals surface area contributed by atoms with Crippen LogP contribution in [-0.4, -0.2) is 23.1 Å². The zero-order valence-electron chi connectivity index (χ0n) is 15.1. The second-order valence-electron chi connectivity index (χ2n) is 5.86. The molecule has 2 aromatic carbocycles. The maximum absolute atomic E-state index is 12.6. The predicted octanol–water partition coefficient (Wildman–Crippen LogP) is 4.33. The monoisotopic (exact) mass is 446 g/mol. The molecule has 0 aliphatic carbocycles. The number of ether oxygens (including phenoxy) is 1. The summed E-state index contributed by atoms with van der Waals surface area (Å²) in [6.07, 6.45) is 0.913. The van der Waals surface area contributed by atoms with E-state index < -0.39 is 0 Å².